The number of nitrogens with one attached hydrogen (secondary N) is 1. The molecule has 0 amide bonds. The van der Waals surface area contributed by atoms with Crippen molar-refractivity contribution in [2.75, 3.05) is 13.1 Å². The molecule has 1 atom stereocenters. The zero-order valence-electron chi connectivity index (χ0n) is 7.26. The van der Waals surface area contributed by atoms with Crippen LogP contribution in [0.5, 0.6) is 0 Å². The van der Waals surface area contributed by atoms with E-state index >= 15 is 0 Å². The lowest BCUT2D eigenvalue weighted by atomic mass is 10.0. The third kappa shape index (κ3) is 3.98. The molecule has 1 aliphatic heterocycles. The fourth-order valence-corrected chi connectivity index (χ4v) is 1.06. The first-order chi connectivity index (χ1) is 5.30. The summed E-state index contributed by atoms with van der Waals surface area (Å²) in [7, 11) is 0. The smallest absolute Gasteiger partial charge is 0.307 e. The monoisotopic (exact) mass is 159 g/mol. The van der Waals surface area contributed by atoms with E-state index in [4.69, 9.17) is 5.11 Å². The Morgan fingerprint density at radius 3 is 2.45 bits per heavy atom. The van der Waals surface area contributed by atoms with Crippen LogP contribution < -0.4 is 5.32 Å². The van der Waals surface area contributed by atoms with E-state index in [0.717, 1.165) is 19.4 Å². The SMILES string of the molecule is CC.O=C(O)[C@H]1CCCNC1. The number of carboxylic acid groups (broad SMARTS) is 1. The number of aliphatic carboxylic acids is 1. The molecule has 11 heavy (non-hydrogen) atoms. The number of piperidine rings is 1. The average Bonchev–Trinajstić information content (AvgIpc) is 2.10. The summed E-state index contributed by atoms with van der Waals surface area (Å²) in [6.07, 6.45) is 1.83. The van der Waals surface area contributed by atoms with Crippen LogP contribution in [0.2, 0.25) is 0 Å². The Bertz CT molecular complexity index is 109. The molecule has 3 heteroatoms. The molecule has 0 aliphatic carbocycles. The van der Waals surface area contributed by atoms with Crippen LogP contribution in [-0.4, -0.2) is 24.2 Å². The average molecular weight is 159 g/mol. The first kappa shape index (κ1) is 10.4. The van der Waals surface area contributed by atoms with Crippen molar-refractivity contribution in [3.63, 3.8) is 0 Å². The fraction of sp³-hybridized carbons (Fsp3) is 0.875. The summed E-state index contributed by atoms with van der Waals surface area (Å²) in [6, 6.07) is 0. The van der Waals surface area contributed by atoms with Gasteiger partial charge >= 0.3 is 5.97 Å². The largest absolute Gasteiger partial charge is 0.481 e. The van der Waals surface area contributed by atoms with E-state index in [9.17, 15) is 4.79 Å². The summed E-state index contributed by atoms with van der Waals surface area (Å²) >= 11 is 0. The normalized spacial score (nSPS) is 23.3. The molecule has 0 aromatic heterocycles. The van der Waals surface area contributed by atoms with Crippen LogP contribution in [-0.2, 0) is 4.79 Å². The maximum absolute atomic E-state index is 10.3. The van der Waals surface area contributed by atoms with Crippen LogP contribution in [0.4, 0.5) is 0 Å². The molecule has 66 valence electrons. The lowest BCUT2D eigenvalue weighted by Gasteiger charge is -2.18. The number of carboxylic acids is 1. The molecule has 1 fully saturated rings. The zero-order valence-corrected chi connectivity index (χ0v) is 7.26. The summed E-state index contributed by atoms with van der Waals surface area (Å²) in [5, 5.41) is 11.5. The predicted octanol–water partition coefficient (Wildman–Crippen LogP) is 1.10. The van der Waals surface area contributed by atoms with E-state index in [0.29, 0.717) is 6.54 Å². The lowest BCUT2D eigenvalue weighted by molar-refractivity contribution is -0.142. The van der Waals surface area contributed by atoms with Crippen molar-refractivity contribution in [1.29, 1.82) is 0 Å². The quantitative estimate of drug-likeness (QED) is 0.602. The minimum atomic E-state index is -0.665. The van der Waals surface area contributed by atoms with E-state index in [1.54, 1.807) is 0 Å². The second-order valence-corrected chi connectivity index (χ2v) is 2.38. The van der Waals surface area contributed by atoms with Crippen molar-refractivity contribution in [2.24, 2.45) is 5.92 Å². The topological polar surface area (TPSA) is 49.3 Å². The number of rotatable bonds is 1. The van der Waals surface area contributed by atoms with Crippen LogP contribution >= 0.6 is 0 Å². The van der Waals surface area contributed by atoms with E-state index in [1.165, 1.54) is 0 Å². The molecule has 1 rings (SSSR count). The molecule has 1 heterocycles. The highest BCUT2D eigenvalue weighted by Crippen LogP contribution is 2.08. The molecule has 0 unspecified atom stereocenters. The molecular weight excluding hydrogens is 142 g/mol. The highest BCUT2D eigenvalue weighted by Gasteiger charge is 2.18. The Kier molecular flexibility index (Phi) is 5.84. The second-order valence-electron chi connectivity index (χ2n) is 2.38. The molecule has 0 spiro atoms. The van der Waals surface area contributed by atoms with Crippen molar-refractivity contribution in [3.8, 4) is 0 Å². The number of carbonyl (C=O) groups is 1. The standard InChI is InChI=1S/C6H11NO2.C2H6/c8-6(9)5-2-1-3-7-4-5;1-2/h5,7H,1-4H2,(H,8,9);1-2H3/t5-;/m0./s1. The Labute approximate surface area is 67.8 Å². The van der Waals surface area contributed by atoms with Gasteiger partial charge in [0, 0.05) is 6.54 Å². The van der Waals surface area contributed by atoms with Gasteiger partial charge in [-0.2, -0.15) is 0 Å². The van der Waals surface area contributed by atoms with Gasteiger partial charge in [0.25, 0.3) is 0 Å². The van der Waals surface area contributed by atoms with E-state index in [1.807, 2.05) is 13.8 Å². The molecule has 1 aliphatic rings. The van der Waals surface area contributed by atoms with E-state index in [-0.39, 0.29) is 5.92 Å². The van der Waals surface area contributed by atoms with Gasteiger partial charge in [-0.3, -0.25) is 4.79 Å². The molecule has 2 N–H and O–H groups in total. The Balaban J connectivity index is 0.000000461. The third-order valence-electron chi connectivity index (χ3n) is 1.65. The van der Waals surface area contributed by atoms with Crippen molar-refractivity contribution in [3.05, 3.63) is 0 Å². The van der Waals surface area contributed by atoms with Gasteiger partial charge in [-0.25, -0.2) is 0 Å². The molecule has 0 aromatic rings. The first-order valence-electron chi connectivity index (χ1n) is 4.24. The van der Waals surface area contributed by atoms with Crippen molar-refractivity contribution in [1.82, 2.24) is 5.32 Å². The van der Waals surface area contributed by atoms with Gasteiger partial charge in [0.15, 0.2) is 0 Å². The van der Waals surface area contributed by atoms with Crippen LogP contribution in [0.15, 0.2) is 0 Å². The van der Waals surface area contributed by atoms with Crippen molar-refractivity contribution < 1.29 is 9.90 Å². The van der Waals surface area contributed by atoms with E-state index < -0.39 is 5.97 Å². The van der Waals surface area contributed by atoms with Crippen LogP contribution in [0.1, 0.15) is 26.7 Å². The molecular formula is C8H17NO2. The Hall–Kier alpha value is -0.570. The molecule has 1 saturated heterocycles. The maximum atomic E-state index is 10.3. The summed E-state index contributed by atoms with van der Waals surface area (Å²) in [4.78, 5) is 10.3. The van der Waals surface area contributed by atoms with Gasteiger partial charge in [-0.05, 0) is 19.4 Å². The zero-order chi connectivity index (χ0) is 8.69. The molecule has 0 saturated carbocycles. The van der Waals surface area contributed by atoms with Crippen LogP contribution in [0.25, 0.3) is 0 Å². The summed E-state index contributed by atoms with van der Waals surface area (Å²) in [6.45, 7) is 5.62. The van der Waals surface area contributed by atoms with Crippen molar-refractivity contribution >= 4 is 5.97 Å². The van der Waals surface area contributed by atoms with Gasteiger partial charge in [-0.1, -0.05) is 13.8 Å². The molecule has 0 radical (unpaired) electrons. The number of hydrogen-bond acceptors (Lipinski definition) is 2. The molecule has 3 nitrogen and oxygen atoms in total. The summed E-state index contributed by atoms with van der Waals surface area (Å²) in [5.74, 6) is -0.805. The summed E-state index contributed by atoms with van der Waals surface area (Å²) in [5.41, 5.74) is 0. The minimum Gasteiger partial charge on any atom is -0.481 e. The van der Waals surface area contributed by atoms with Gasteiger partial charge < -0.3 is 10.4 Å². The highest BCUT2D eigenvalue weighted by atomic mass is 16.4. The Morgan fingerprint density at radius 2 is 2.18 bits per heavy atom. The van der Waals surface area contributed by atoms with Crippen molar-refractivity contribution in [2.45, 2.75) is 26.7 Å². The lowest BCUT2D eigenvalue weighted by Crippen LogP contribution is -2.34. The van der Waals surface area contributed by atoms with Gasteiger partial charge in [0.2, 0.25) is 0 Å². The minimum absolute atomic E-state index is 0.140. The molecule has 0 aromatic carbocycles. The third-order valence-corrected chi connectivity index (χ3v) is 1.65. The Morgan fingerprint density at radius 1 is 1.55 bits per heavy atom. The second kappa shape index (κ2) is 6.16. The molecule has 0 bridgehead atoms. The van der Waals surface area contributed by atoms with Gasteiger partial charge in [0.05, 0.1) is 5.92 Å². The van der Waals surface area contributed by atoms with Crippen LogP contribution in [0.3, 0.4) is 0 Å². The van der Waals surface area contributed by atoms with Crippen LogP contribution in [0, 0.1) is 5.92 Å². The maximum Gasteiger partial charge on any atom is 0.307 e. The predicted molar refractivity (Wildman–Crippen MR) is 44.6 cm³/mol. The highest BCUT2D eigenvalue weighted by molar-refractivity contribution is 5.70. The first-order valence-corrected chi connectivity index (χ1v) is 4.24. The summed E-state index contributed by atoms with van der Waals surface area (Å²) < 4.78 is 0. The van der Waals surface area contributed by atoms with Gasteiger partial charge in [-0.15, -0.1) is 0 Å². The van der Waals surface area contributed by atoms with E-state index in [2.05, 4.69) is 5.32 Å². The number of hydrogen-bond donors (Lipinski definition) is 2. The fourth-order valence-electron chi connectivity index (χ4n) is 1.06. The van der Waals surface area contributed by atoms with Gasteiger partial charge in [0.1, 0.15) is 0 Å².